The van der Waals surface area contributed by atoms with Crippen molar-refractivity contribution in [2.75, 3.05) is 5.73 Å². The number of nitrogens with zero attached hydrogens (tertiary/aromatic N) is 3. The molecule has 0 saturated carbocycles. The molecule has 4 rings (SSSR count). The van der Waals surface area contributed by atoms with Gasteiger partial charge in [-0.1, -0.05) is 35.5 Å². The Bertz CT molecular complexity index is 1190. The minimum Gasteiger partial charge on any atom is -0.486 e. The topological polar surface area (TPSA) is 119 Å². The first-order valence-corrected chi connectivity index (χ1v) is 9.25. The summed E-state index contributed by atoms with van der Waals surface area (Å²) in [6, 6.07) is 15.0. The summed E-state index contributed by atoms with van der Waals surface area (Å²) in [7, 11) is 0. The minimum absolute atomic E-state index is 0.118. The average molecular weight is 406 g/mol. The summed E-state index contributed by atoms with van der Waals surface area (Å²) in [4.78, 5) is 16.7. The van der Waals surface area contributed by atoms with Gasteiger partial charge >= 0.3 is 0 Å². The molecule has 0 aliphatic heterocycles. The van der Waals surface area contributed by atoms with Gasteiger partial charge in [0.1, 0.15) is 18.2 Å². The number of benzene rings is 2. The Morgan fingerprint density at radius 3 is 2.83 bits per heavy atom. The lowest BCUT2D eigenvalue weighted by atomic mass is 10.1. The molecule has 2 heterocycles. The molecule has 2 aromatic carbocycles. The van der Waals surface area contributed by atoms with Gasteiger partial charge in [-0.3, -0.25) is 4.79 Å². The van der Waals surface area contributed by atoms with E-state index in [-0.39, 0.29) is 29.9 Å². The molecular weight excluding hydrogens is 387 g/mol. The number of pyridine rings is 1. The number of ether oxygens (including phenoxy) is 1. The zero-order valence-electron chi connectivity index (χ0n) is 16.1. The Morgan fingerprint density at radius 2 is 2.03 bits per heavy atom. The molecule has 152 valence electrons. The van der Waals surface area contributed by atoms with Crippen LogP contribution in [-0.2, 0) is 6.61 Å². The predicted octanol–water partition coefficient (Wildman–Crippen LogP) is 3.14. The van der Waals surface area contributed by atoms with E-state index in [0.717, 1.165) is 5.56 Å². The molecule has 1 unspecified atom stereocenters. The summed E-state index contributed by atoms with van der Waals surface area (Å²) in [5, 5.41) is 13.1. The van der Waals surface area contributed by atoms with Crippen LogP contribution < -0.4 is 15.8 Å². The van der Waals surface area contributed by atoms with Crippen molar-refractivity contribution in [2.24, 2.45) is 0 Å². The Labute approximate surface area is 171 Å². The van der Waals surface area contributed by atoms with E-state index in [2.05, 4.69) is 25.7 Å². The number of rotatable bonds is 6. The molecule has 0 fully saturated rings. The van der Waals surface area contributed by atoms with Crippen LogP contribution in [0.3, 0.4) is 0 Å². The number of carbonyl (C=O) groups excluding carboxylic acids is 1. The summed E-state index contributed by atoms with van der Waals surface area (Å²) >= 11 is 0. The first-order chi connectivity index (χ1) is 14.5. The number of nitrogen functional groups attached to an aromatic ring is 1. The van der Waals surface area contributed by atoms with Gasteiger partial charge in [0.05, 0.1) is 6.04 Å². The van der Waals surface area contributed by atoms with Gasteiger partial charge in [0.25, 0.3) is 5.91 Å². The SMILES string of the molecule is CC(NC(=O)c1ccc(F)c(COc2cc(N)nc3[nH]nnc23)c1)c1ccccc1. The number of carbonyl (C=O) groups is 1. The second kappa shape index (κ2) is 8.16. The van der Waals surface area contributed by atoms with Gasteiger partial charge in [-0.2, -0.15) is 0 Å². The monoisotopic (exact) mass is 406 g/mol. The van der Waals surface area contributed by atoms with Crippen LogP contribution >= 0.6 is 0 Å². The minimum atomic E-state index is -0.485. The number of aromatic amines is 1. The Morgan fingerprint density at radius 1 is 1.23 bits per heavy atom. The molecule has 1 amide bonds. The number of hydrogen-bond acceptors (Lipinski definition) is 6. The quantitative estimate of drug-likeness (QED) is 0.453. The highest BCUT2D eigenvalue weighted by Crippen LogP contribution is 2.24. The van der Waals surface area contributed by atoms with Gasteiger partial charge < -0.3 is 15.8 Å². The van der Waals surface area contributed by atoms with Crippen LogP contribution in [0.15, 0.2) is 54.6 Å². The van der Waals surface area contributed by atoms with Crippen molar-refractivity contribution in [3.05, 3.63) is 77.1 Å². The summed E-state index contributed by atoms with van der Waals surface area (Å²) in [6.45, 7) is 1.77. The van der Waals surface area contributed by atoms with E-state index >= 15 is 0 Å². The van der Waals surface area contributed by atoms with E-state index in [1.165, 1.54) is 24.3 Å². The van der Waals surface area contributed by atoms with Crippen LogP contribution in [0.4, 0.5) is 10.2 Å². The lowest BCUT2D eigenvalue weighted by molar-refractivity contribution is 0.0939. The number of fused-ring (bicyclic) bond motifs is 1. The maximum atomic E-state index is 14.3. The van der Waals surface area contributed by atoms with Gasteiger partial charge in [0.2, 0.25) is 0 Å². The molecule has 0 aliphatic rings. The molecule has 1 atom stereocenters. The lowest BCUT2D eigenvalue weighted by Crippen LogP contribution is -2.26. The molecule has 9 heteroatoms. The number of nitrogens with one attached hydrogen (secondary N) is 2. The average Bonchev–Trinajstić information content (AvgIpc) is 3.22. The maximum Gasteiger partial charge on any atom is 0.251 e. The molecule has 30 heavy (non-hydrogen) atoms. The molecule has 0 saturated heterocycles. The molecule has 0 spiro atoms. The third-order valence-electron chi connectivity index (χ3n) is 4.62. The van der Waals surface area contributed by atoms with Crippen LogP contribution in [0, 0.1) is 5.82 Å². The highest BCUT2D eigenvalue weighted by Gasteiger charge is 2.15. The summed E-state index contributed by atoms with van der Waals surface area (Å²) < 4.78 is 20.0. The Balaban J connectivity index is 1.50. The van der Waals surface area contributed by atoms with E-state index in [0.29, 0.717) is 22.5 Å². The number of anilines is 1. The number of nitrogens with two attached hydrogens (primary N) is 1. The van der Waals surface area contributed by atoms with Crippen molar-refractivity contribution in [1.29, 1.82) is 0 Å². The maximum absolute atomic E-state index is 14.3. The number of hydrogen-bond donors (Lipinski definition) is 3. The van der Waals surface area contributed by atoms with E-state index in [1.54, 1.807) is 0 Å². The lowest BCUT2D eigenvalue weighted by Gasteiger charge is -2.15. The van der Waals surface area contributed by atoms with Gasteiger partial charge in [-0.25, -0.2) is 14.5 Å². The first kappa shape index (κ1) is 19.3. The molecule has 8 nitrogen and oxygen atoms in total. The molecule has 2 aromatic heterocycles. The fourth-order valence-electron chi connectivity index (χ4n) is 3.03. The zero-order chi connectivity index (χ0) is 21.1. The second-order valence-electron chi connectivity index (χ2n) is 6.75. The first-order valence-electron chi connectivity index (χ1n) is 9.25. The van der Waals surface area contributed by atoms with Crippen LogP contribution in [0.5, 0.6) is 5.75 Å². The largest absolute Gasteiger partial charge is 0.486 e. The summed E-state index contributed by atoms with van der Waals surface area (Å²) in [5.74, 6) is -0.258. The number of H-pyrrole nitrogens is 1. The Hall–Kier alpha value is -4.01. The van der Waals surface area contributed by atoms with Gasteiger partial charge in [0, 0.05) is 17.2 Å². The van der Waals surface area contributed by atoms with Gasteiger partial charge in [0.15, 0.2) is 16.9 Å². The molecular formula is C21H19FN6O2. The van der Waals surface area contributed by atoms with E-state index in [1.807, 2.05) is 37.3 Å². The molecule has 0 aliphatic carbocycles. The standard InChI is InChI=1S/C21H19FN6O2/c1-12(13-5-3-2-4-6-13)24-21(29)14-7-8-16(22)15(9-14)11-30-17-10-18(23)25-20-19(17)26-28-27-20/h2-10,12H,11H2,1H3,(H,24,29)(H3,23,25,26,27,28). The smallest absolute Gasteiger partial charge is 0.251 e. The van der Waals surface area contributed by atoms with E-state index in [4.69, 9.17) is 10.5 Å². The summed E-state index contributed by atoms with van der Waals surface area (Å²) in [6.07, 6.45) is 0. The predicted molar refractivity (Wildman–Crippen MR) is 109 cm³/mol. The normalized spacial score (nSPS) is 11.9. The van der Waals surface area contributed by atoms with E-state index in [9.17, 15) is 9.18 Å². The van der Waals surface area contributed by atoms with Crippen molar-refractivity contribution < 1.29 is 13.9 Å². The van der Waals surface area contributed by atoms with Crippen LogP contribution in [0.1, 0.15) is 34.5 Å². The highest BCUT2D eigenvalue weighted by atomic mass is 19.1. The Kier molecular flexibility index (Phi) is 5.25. The molecule has 4 aromatic rings. The number of halogens is 1. The molecule has 4 N–H and O–H groups in total. The fraction of sp³-hybridized carbons (Fsp3) is 0.143. The molecule has 0 bridgehead atoms. The van der Waals surface area contributed by atoms with Crippen molar-refractivity contribution in [2.45, 2.75) is 19.6 Å². The van der Waals surface area contributed by atoms with E-state index < -0.39 is 5.82 Å². The van der Waals surface area contributed by atoms with Crippen LogP contribution in [-0.4, -0.2) is 26.3 Å². The second-order valence-corrected chi connectivity index (χ2v) is 6.75. The third-order valence-corrected chi connectivity index (χ3v) is 4.62. The zero-order valence-corrected chi connectivity index (χ0v) is 16.1. The fourth-order valence-corrected chi connectivity index (χ4v) is 3.03. The summed E-state index contributed by atoms with van der Waals surface area (Å²) in [5.41, 5.74) is 8.03. The number of amides is 1. The van der Waals surface area contributed by atoms with Crippen molar-refractivity contribution in [1.82, 2.24) is 25.7 Å². The number of aromatic nitrogens is 4. The molecule has 0 radical (unpaired) electrons. The highest BCUT2D eigenvalue weighted by molar-refractivity contribution is 5.94. The third kappa shape index (κ3) is 4.04. The van der Waals surface area contributed by atoms with Gasteiger partial charge in [-0.05, 0) is 30.7 Å². The van der Waals surface area contributed by atoms with Crippen molar-refractivity contribution >= 4 is 22.9 Å². The van der Waals surface area contributed by atoms with Crippen LogP contribution in [0.25, 0.3) is 11.2 Å². The van der Waals surface area contributed by atoms with Crippen LogP contribution in [0.2, 0.25) is 0 Å². The van der Waals surface area contributed by atoms with Crippen molar-refractivity contribution in [3.8, 4) is 5.75 Å². The van der Waals surface area contributed by atoms with Crippen molar-refractivity contribution in [3.63, 3.8) is 0 Å². The van der Waals surface area contributed by atoms with Gasteiger partial charge in [-0.15, -0.1) is 5.10 Å².